The number of fused-ring (bicyclic) bond motifs is 1. The summed E-state index contributed by atoms with van der Waals surface area (Å²) in [5.74, 6) is 1.66. The molecule has 2 N–H and O–H groups in total. The van der Waals surface area contributed by atoms with E-state index in [-0.39, 0.29) is 19.3 Å². The lowest BCUT2D eigenvalue weighted by Crippen LogP contribution is -2.55. The zero-order chi connectivity index (χ0) is 14.9. The van der Waals surface area contributed by atoms with Crippen LogP contribution in [0.25, 0.3) is 0 Å². The highest BCUT2D eigenvalue weighted by Gasteiger charge is 2.50. The third-order valence-electron chi connectivity index (χ3n) is 3.78. The third kappa shape index (κ3) is 2.76. The molecule has 114 valence electrons. The number of hydrogen-bond donors (Lipinski definition) is 1. The SMILES string of the molecule is CCOC(=O)C(N)(COc1ccc2c(c1)OCO2)C1CC1. The lowest BCUT2D eigenvalue weighted by atomic mass is 9.96. The Bertz CT molecular complexity index is 543. The number of carbonyl (C=O) groups excluding carboxylic acids is 1. The molecule has 0 radical (unpaired) electrons. The van der Waals surface area contributed by atoms with E-state index in [0.29, 0.717) is 23.9 Å². The summed E-state index contributed by atoms with van der Waals surface area (Å²) >= 11 is 0. The first-order valence-electron chi connectivity index (χ1n) is 7.12. The maximum atomic E-state index is 12.1. The van der Waals surface area contributed by atoms with Gasteiger partial charge in [0, 0.05) is 6.07 Å². The molecule has 3 rings (SSSR count). The summed E-state index contributed by atoms with van der Waals surface area (Å²) in [6, 6.07) is 5.28. The van der Waals surface area contributed by atoms with Crippen molar-refractivity contribution < 1.29 is 23.7 Å². The van der Waals surface area contributed by atoms with E-state index in [0.717, 1.165) is 12.8 Å². The zero-order valence-corrected chi connectivity index (χ0v) is 12.0. The highest BCUT2D eigenvalue weighted by molar-refractivity contribution is 5.81. The van der Waals surface area contributed by atoms with Gasteiger partial charge >= 0.3 is 5.97 Å². The van der Waals surface area contributed by atoms with Crippen molar-refractivity contribution in [2.45, 2.75) is 25.3 Å². The molecule has 0 amide bonds. The molecule has 6 nitrogen and oxygen atoms in total. The topological polar surface area (TPSA) is 80.0 Å². The highest BCUT2D eigenvalue weighted by Crippen LogP contribution is 2.40. The molecule has 21 heavy (non-hydrogen) atoms. The molecular weight excluding hydrogens is 274 g/mol. The van der Waals surface area contributed by atoms with E-state index in [4.69, 9.17) is 24.7 Å². The predicted molar refractivity (Wildman–Crippen MR) is 74.3 cm³/mol. The fourth-order valence-electron chi connectivity index (χ4n) is 2.38. The van der Waals surface area contributed by atoms with E-state index >= 15 is 0 Å². The monoisotopic (exact) mass is 293 g/mol. The van der Waals surface area contributed by atoms with Gasteiger partial charge < -0.3 is 24.7 Å². The molecule has 1 unspecified atom stereocenters. The number of rotatable bonds is 6. The minimum Gasteiger partial charge on any atom is -0.491 e. The van der Waals surface area contributed by atoms with Crippen LogP contribution < -0.4 is 19.9 Å². The Labute approximate surface area is 123 Å². The van der Waals surface area contributed by atoms with Gasteiger partial charge in [-0.15, -0.1) is 0 Å². The van der Waals surface area contributed by atoms with Crippen LogP contribution in [0.2, 0.25) is 0 Å². The van der Waals surface area contributed by atoms with E-state index < -0.39 is 11.5 Å². The van der Waals surface area contributed by atoms with Gasteiger partial charge in [0.1, 0.15) is 12.4 Å². The van der Waals surface area contributed by atoms with Crippen LogP contribution in [-0.2, 0) is 9.53 Å². The second-order valence-corrected chi connectivity index (χ2v) is 5.34. The summed E-state index contributed by atoms with van der Waals surface area (Å²) in [6.07, 6.45) is 1.86. The predicted octanol–water partition coefficient (Wildman–Crippen LogP) is 1.46. The Kier molecular flexibility index (Phi) is 3.63. The minimum atomic E-state index is -1.08. The quantitative estimate of drug-likeness (QED) is 0.800. The van der Waals surface area contributed by atoms with Gasteiger partial charge in [0.15, 0.2) is 17.0 Å². The molecule has 6 heteroatoms. The lowest BCUT2D eigenvalue weighted by Gasteiger charge is -2.27. The van der Waals surface area contributed by atoms with E-state index in [2.05, 4.69) is 0 Å². The first-order chi connectivity index (χ1) is 10.1. The second-order valence-electron chi connectivity index (χ2n) is 5.34. The molecule has 1 saturated carbocycles. The largest absolute Gasteiger partial charge is 0.491 e. The van der Waals surface area contributed by atoms with Crippen LogP contribution >= 0.6 is 0 Å². The average Bonchev–Trinajstić information content (AvgIpc) is 3.24. The maximum Gasteiger partial charge on any atom is 0.329 e. The Morgan fingerprint density at radius 2 is 2.14 bits per heavy atom. The van der Waals surface area contributed by atoms with Crippen LogP contribution in [0.3, 0.4) is 0 Å². The first kappa shape index (κ1) is 14.0. The molecule has 1 atom stereocenters. The summed E-state index contributed by atoms with van der Waals surface area (Å²) < 4.78 is 21.3. The van der Waals surface area contributed by atoms with Gasteiger partial charge in [0.25, 0.3) is 0 Å². The number of hydrogen-bond acceptors (Lipinski definition) is 6. The van der Waals surface area contributed by atoms with E-state index in [1.54, 1.807) is 25.1 Å². The fraction of sp³-hybridized carbons (Fsp3) is 0.533. The van der Waals surface area contributed by atoms with Gasteiger partial charge in [-0.05, 0) is 37.8 Å². The molecule has 2 aliphatic rings. The first-order valence-corrected chi connectivity index (χ1v) is 7.12. The standard InChI is InChI=1S/C15H19NO5/c1-2-18-14(17)15(16,10-3-4-10)8-19-11-5-6-12-13(7-11)21-9-20-12/h5-7,10H,2-4,8-9,16H2,1H3. The number of carbonyl (C=O) groups is 1. The molecule has 0 bridgehead atoms. The van der Waals surface area contributed by atoms with Crippen LogP contribution in [-0.4, -0.2) is 31.5 Å². The smallest absolute Gasteiger partial charge is 0.329 e. The van der Waals surface area contributed by atoms with Crippen molar-refractivity contribution in [3.05, 3.63) is 18.2 Å². The van der Waals surface area contributed by atoms with Gasteiger partial charge in [-0.1, -0.05) is 0 Å². The van der Waals surface area contributed by atoms with E-state index in [9.17, 15) is 4.79 Å². The summed E-state index contributed by atoms with van der Waals surface area (Å²) in [4.78, 5) is 12.1. The molecule has 1 aliphatic heterocycles. The highest BCUT2D eigenvalue weighted by atomic mass is 16.7. The van der Waals surface area contributed by atoms with Crippen LogP contribution in [0.1, 0.15) is 19.8 Å². The summed E-state index contributed by atoms with van der Waals surface area (Å²) in [7, 11) is 0. The van der Waals surface area contributed by atoms with Crippen LogP contribution in [0.5, 0.6) is 17.2 Å². The second kappa shape index (κ2) is 5.44. The summed E-state index contributed by atoms with van der Waals surface area (Å²) in [5, 5.41) is 0. The maximum absolute atomic E-state index is 12.1. The lowest BCUT2D eigenvalue weighted by molar-refractivity contribution is -0.151. The number of ether oxygens (including phenoxy) is 4. The zero-order valence-electron chi connectivity index (χ0n) is 12.0. The van der Waals surface area contributed by atoms with Gasteiger partial charge in [-0.25, -0.2) is 4.79 Å². The van der Waals surface area contributed by atoms with Gasteiger partial charge in [-0.3, -0.25) is 0 Å². The van der Waals surface area contributed by atoms with Crippen molar-refractivity contribution in [2.24, 2.45) is 11.7 Å². The van der Waals surface area contributed by atoms with Crippen molar-refractivity contribution >= 4 is 5.97 Å². The van der Waals surface area contributed by atoms with Gasteiger partial charge in [0.2, 0.25) is 6.79 Å². The molecular formula is C15H19NO5. The number of esters is 1. The number of nitrogens with two attached hydrogens (primary N) is 1. The van der Waals surface area contributed by atoms with Crippen molar-refractivity contribution in [1.29, 1.82) is 0 Å². The van der Waals surface area contributed by atoms with Crippen LogP contribution in [0.15, 0.2) is 18.2 Å². The molecule has 1 heterocycles. The van der Waals surface area contributed by atoms with Crippen LogP contribution in [0.4, 0.5) is 0 Å². The minimum absolute atomic E-state index is 0.0934. The van der Waals surface area contributed by atoms with Crippen LogP contribution in [0, 0.1) is 5.92 Å². The Morgan fingerprint density at radius 3 is 2.86 bits per heavy atom. The Balaban J connectivity index is 1.68. The fourth-order valence-corrected chi connectivity index (χ4v) is 2.38. The normalized spacial score (nSPS) is 19.0. The van der Waals surface area contributed by atoms with E-state index in [1.807, 2.05) is 0 Å². The molecule has 1 aliphatic carbocycles. The Morgan fingerprint density at radius 1 is 1.38 bits per heavy atom. The molecule has 1 fully saturated rings. The average molecular weight is 293 g/mol. The van der Waals surface area contributed by atoms with Gasteiger partial charge in [-0.2, -0.15) is 0 Å². The summed E-state index contributed by atoms with van der Waals surface area (Å²) in [5.41, 5.74) is 5.16. The van der Waals surface area contributed by atoms with Crippen molar-refractivity contribution in [3.63, 3.8) is 0 Å². The molecule has 0 aromatic heterocycles. The van der Waals surface area contributed by atoms with Gasteiger partial charge in [0.05, 0.1) is 6.61 Å². The molecule has 0 saturated heterocycles. The van der Waals surface area contributed by atoms with E-state index in [1.165, 1.54) is 0 Å². The molecule has 0 spiro atoms. The van der Waals surface area contributed by atoms with Crippen molar-refractivity contribution in [1.82, 2.24) is 0 Å². The molecule has 1 aromatic carbocycles. The van der Waals surface area contributed by atoms with Crippen molar-refractivity contribution in [2.75, 3.05) is 20.0 Å². The Hall–Kier alpha value is -1.95. The third-order valence-corrected chi connectivity index (χ3v) is 3.78. The number of benzene rings is 1. The van der Waals surface area contributed by atoms with Crippen molar-refractivity contribution in [3.8, 4) is 17.2 Å². The molecule has 1 aromatic rings. The summed E-state index contributed by atoms with van der Waals surface area (Å²) in [6.45, 7) is 2.39.